The first-order valence-corrected chi connectivity index (χ1v) is 7.99. The number of aliphatic carboxylic acids is 1. The number of nitrogens with one attached hydrogen (secondary N) is 1. The quantitative estimate of drug-likeness (QED) is 0.879. The summed E-state index contributed by atoms with van der Waals surface area (Å²) in [5, 5.41) is 12.2. The number of anilines is 1. The number of carboxylic acids is 1. The van der Waals surface area contributed by atoms with Crippen molar-refractivity contribution >= 4 is 29.3 Å². The highest BCUT2D eigenvalue weighted by Crippen LogP contribution is 2.28. The van der Waals surface area contributed by atoms with Crippen molar-refractivity contribution in [2.75, 3.05) is 18.4 Å². The van der Waals surface area contributed by atoms with Gasteiger partial charge >= 0.3 is 12.0 Å². The van der Waals surface area contributed by atoms with E-state index < -0.39 is 11.9 Å². The fraction of sp³-hybridized carbons (Fsp3) is 0.500. The first kappa shape index (κ1) is 17.4. The van der Waals surface area contributed by atoms with Crippen LogP contribution in [0.4, 0.5) is 10.5 Å². The van der Waals surface area contributed by atoms with Crippen LogP contribution in [0.5, 0.6) is 5.75 Å². The number of nitrogens with zero attached hydrogens (tertiary/aromatic N) is 1. The standard InChI is InChI=1S/C16H21ClN2O4/c1-10(2)23-12-5-6-14(13(17)8-12)18-16(22)19-7-3-4-11(9-19)15(20)21/h5-6,8,10-11H,3-4,7,9H2,1-2H3,(H,18,22)(H,20,21). The number of carboxylic acid groups (broad SMARTS) is 1. The van der Waals surface area contributed by atoms with Crippen molar-refractivity contribution < 1.29 is 19.4 Å². The third-order valence-corrected chi connectivity index (χ3v) is 3.92. The normalized spacial score (nSPS) is 17.9. The topological polar surface area (TPSA) is 78.9 Å². The Morgan fingerprint density at radius 2 is 2.17 bits per heavy atom. The Morgan fingerprint density at radius 1 is 1.43 bits per heavy atom. The van der Waals surface area contributed by atoms with Crippen LogP contribution in [0.3, 0.4) is 0 Å². The summed E-state index contributed by atoms with van der Waals surface area (Å²) >= 11 is 6.17. The maximum atomic E-state index is 12.3. The number of benzene rings is 1. The van der Waals surface area contributed by atoms with Crippen molar-refractivity contribution in [1.82, 2.24) is 4.90 Å². The van der Waals surface area contributed by atoms with Crippen molar-refractivity contribution in [3.05, 3.63) is 23.2 Å². The number of carbonyl (C=O) groups excluding carboxylic acids is 1. The lowest BCUT2D eigenvalue weighted by Crippen LogP contribution is -2.44. The van der Waals surface area contributed by atoms with Crippen molar-refractivity contribution in [1.29, 1.82) is 0 Å². The lowest BCUT2D eigenvalue weighted by atomic mass is 9.99. The minimum atomic E-state index is -0.865. The second-order valence-electron chi connectivity index (χ2n) is 5.86. The molecule has 1 aliphatic rings. The van der Waals surface area contributed by atoms with Gasteiger partial charge in [0.15, 0.2) is 0 Å². The first-order chi connectivity index (χ1) is 10.9. The van der Waals surface area contributed by atoms with Gasteiger partial charge in [0, 0.05) is 19.2 Å². The van der Waals surface area contributed by atoms with E-state index in [2.05, 4.69) is 5.32 Å². The molecule has 2 rings (SSSR count). The number of hydrogen-bond acceptors (Lipinski definition) is 3. The molecule has 23 heavy (non-hydrogen) atoms. The molecule has 1 saturated heterocycles. The van der Waals surface area contributed by atoms with Crippen LogP contribution in [0.2, 0.25) is 5.02 Å². The summed E-state index contributed by atoms with van der Waals surface area (Å²) in [6, 6.07) is 4.72. The van der Waals surface area contributed by atoms with Gasteiger partial charge in [0.05, 0.1) is 22.7 Å². The Balaban J connectivity index is 2.01. The SMILES string of the molecule is CC(C)Oc1ccc(NC(=O)N2CCCC(C(=O)O)C2)c(Cl)c1. The largest absolute Gasteiger partial charge is 0.491 e. The van der Waals surface area contributed by atoms with Crippen molar-refractivity contribution in [2.45, 2.75) is 32.8 Å². The zero-order valence-corrected chi connectivity index (χ0v) is 14.0. The van der Waals surface area contributed by atoms with E-state index in [1.807, 2.05) is 13.8 Å². The van der Waals surface area contributed by atoms with Crippen LogP contribution in [0, 0.1) is 5.92 Å². The van der Waals surface area contributed by atoms with Crippen LogP contribution in [0.25, 0.3) is 0 Å². The highest BCUT2D eigenvalue weighted by molar-refractivity contribution is 6.33. The zero-order valence-electron chi connectivity index (χ0n) is 13.2. The summed E-state index contributed by atoms with van der Waals surface area (Å²) in [5.74, 6) is -0.741. The predicted molar refractivity (Wildman–Crippen MR) is 88.2 cm³/mol. The average molecular weight is 341 g/mol. The van der Waals surface area contributed by atoms with Gasteiger partial charge in [-0.2, -0.15) is 0 Å². The van der Waals surface area contributed by atoms with Gasteiger partial charge in [-0.25, -0.2) is 4.79 Å². The number of carbonyl (C=O) groups is 2. The van der Waals surface area contributed by atoms with Gasteiger partial charge in [-0.1, -0.05) is 11.6 Å². The molecule has 1 fully saturated rings. The molecule has 1 aromatic rings. The van der Waals surface area contributed by atoms with Gasteiger partial charge in [0.2, 0.25) is 0 Å². The summed E-state index contributed by atoms with van der Waals surface area (Å²) < 4.78 is 5.54. The van der Waals surface area contributed by atoms with E-state index in [1.165, 1.54) is 4.90 Å². The number of hydrogen-bond donors (Lipinski definition) is 2. The van der Waals surface area contributed by atoms with E-state index in [0.29, 0.717) is 35.8 Å². The number of piperidine rings is 1. The molecule has 0 saturated carbocycles. The van der Waals surface area contributed by atoms with E-state index in [9.17, 15) is 9.59 Å². The highest BCUT2D eigenvalue weighted by atomic mass is 35.5. The van der Waals surface area contributed by atoms with Gasteiger partial charge in [-0.3, -0.25) is 4.79 Å². The number of rotatable bonds is 4. The average Bonchev–Trinajstić information content (AvgIpc) is 2.49. The monoisotopic (exact) mass is 340 g/mol. The molecule has 7 heteroatoms. The molecule has 6 nitrogen and oxygen atoms in total. The Morgan fingerprint density at radius 3 is 2.78 bits per heavy atom. The fourth-order valence-electron chi connectivity index (χ4n) is 2.50. The number of likely N-dealkylation sites (tertiary alicyclic amines) is 1. The molecule has 0 aromatic heterocycles. The molecule has 0 radical (unpaired) electrons. The minimum Gasteiger partial charge on any atom is -0.491 e. The summed E-state index contributed by atoms with van der Waals surface area (Å²) in [5.41, 5.74) is 0.477. The van der Waals surface area contributed by atoms with E-state index in [1.54, 1.807) is 18.2 Å². The molecule has 1 atom stereocenters. The number of halogens is 1. The second kappa shape index (κ2) is 7.55. The molecule has 0 aliphatic carbocycles. The van der Waals surface area contributed by atoms with E-state index in [-0.39, 0.29) is 18.7 Å². The van der Waals surface area contributed by atoms with Crippen LogP contribution in [0.1, 0.15) is 26.7 Å². The summed E-state index contributed by atoms with van der Waals surface area (Å²) in [7, 11) is 0. The predicted octanol–water partition coefficient (Wildman–Crippen LogP) is 3.46. The molecular formula is C16H21ClN2O4. The second-order valence-corrected chi connectivity index (χ2v) is 6.27. The Bertz CT molecular complexity index is 591. The molecule has 1 unspecified atom stereocenters. The Hall–Kier alpha value is -1.95. The Labute approximate surface area is 140 Å². The molecular weight excluding hydrogens is 320 g/mol. The van der Waals surface area contributed by atoms with Crippen LogP contribution in [-0.4, -0.2) is 41.2 Å². The number of urea groups is 1. The Kier molecular flexibility index (Phi) is 5.71. The lowest BCUT2D eigenvalue weighted by molar-refractivity contribution is -0.143. The summed E-state index contributed by atoms with van der Waals surface area (Å²) in [4.78, 5) is 24.9. The lowest BCUT2D eigenvalue weighted by Gasteiger charge is -2.30. The molecule has 0 bridgehead atoms. The van der Waals surface area contributed by atoms with Gasteiger partial charge in [0.1, 0.15) is 5.75 Å². The van der Waals surface area contributed by atoms with Gasteiger partial charge in [-0.15, -0.1) is 0 Å². The van der Waals surface area contributed by atoms with Crippen LogP contribution < -0.4 is 10.1 Å². The molecule has 0 spiro atoms. The summed E-state index contributed by atoms with van der Waals surface area (Å²) in [6.45, 7) is 4.59. The smallest absolute Gasteiger partial charge is 0.321 e. The molecule has 126 valence electrons. The van der Waals surface area contributed by atoms with E-state index >= 15 is 0 Å². The van der Waals surface area contributed by atoms with Gasteiger partial charge < -0.3 is 20.1 Å². The van der Waals surface area contributed by atoms with Crippen LogP contribution >= 0.6 is 11.6 Å². The van der Waals surface area contributed by atoms with E-state index in [4.69, 9.17) is 21.4 Å². The number of ether oxygens (including phenoxy) is 1. The van der Waals surface area contributed by atoms with Crippen molar-refractivity contribution in [3.8, 4) is 5.75 Å². The third kappa shape index (κ3) is 4.76. The van der Waals surface area contributed by atoms with Gasteiger partial charge in [0.25, 0.3) is 0 Å². The van der Waals surface area contributed by atoms with Crippen molar-refractivity contribution in [3.63, 3.8) is 0 Å². The molecule has 1 heterocycles. The van der Waals surface area contributed by atoms with Crippen molar-refractivity contribution in [2.24, 2.45) is 5.92 Å². The van der Waals surface area contributed by atoms with Gasteiger partial charge in [-0.05, 0) is 38.8 Å². The maximum Gasteiger partial charge on any atom is 0.321 e. The number of amides is 2. The maximum absolute atomic E-state index is 12.3. The molecule has 2 N–H and O–H groups in total. The third-order valence-electron chi connectivity index (χ3n) is 3.61. The molecule has 1 aliphatic heterocycles. The first-order valence-electron chi connectivity index (χ1n) is 7.61. The molecule has 1 aromatic carbocycles. The van der Waals surface area contributed by atoms with Crippen LogP contribution in [0.15, 0.2) is 18.2 Å². The summed E-state index contributed by atoms with van der Waals surface area (Å²) in [6.07, 6.45) is 1.31. The van der Waals surface area contributed by atoms with E-state index in [0.717, 1.165) is 0 Å². The molecule has 2 amide bonds. The van der Waals surface area contributed by atoms with Crippen LogP contribution in [-0.2, 0) is 4.79 Å². The zero-order chi connectivity index (χ0) is 17.0. The minimum absolute atomic E-state index is 0.0350. The highest BCUT2D eigenvalue weighted by Gasteiger charge is 2.28. The fourth-order valence-corrected chi connectivity index (χ4v) is 2.72.